The maximum Gasteiger partial charge on any atom is 0.226 e. The van der Waals surface area contributed by atoms with Gasteiger partial charge in [0.15, 0.2) is 0 Å². The van der Waals surface area contributed by atoms with E-state index in [0.717, 1.165) is 32.2 Å². The summed E-state index contributed by atoms with van der Waals surface area (Å²) in [4.78, 5) is 15.8. The Hall–Kier alpha value is -1.06. The number of nitrogens with zero attached hydrogens (tertiary/aromatic N) is 1. The molecule has 0 radical (unpaired) electrons. The molecule has 27 heavy (non-hydrogen) atoms. The molecule has 3 unspecified atom stereocenters. The molecule has 150 valence electrons. The van der Waals surface area contributed by atoms with Gasteiger partial charge in [-0.2, -0.15) is 0 Å². The van der Waals surface area contributed by atoms with Crippen molar-refractivity contribution in [3.05, 3.63) is 34.9 Å². The number of halogens is 1. The highest BCUT2D eigenvalue weighted by Gasteiger charge is 2.43. The van der Waals surface area contributed by atoms with Crippen molar-refractivity contribution in [2.45, 2.75) is 77.3 Å². The zero-order valence-corrected chi connectivity index (χ0v) is 17.6. The second-order valence-electron chi connectivity index (χ2n) is 9.03. The Kier molecular flexibility index (Phi) is 6.53. The zero-order valence-electron chi connectivity index (χ0n) is 16.8. The van der Waals surface area contributed by atoms with Gasteiger partial charge in [-0.25, -0.2) is 0 Å². The van der Waals surface area contributed by atoms with Crippen LogP contribution < -0.4 is 5.73 Å². The molecule has 3 fully saturated rings. The molecule has 4 rings (SSSR count). The highest BCUT2D eigenvalue weighted by molar-refractivity contribution is 5.85. The molecule has 2 aliphatic carbocycles. The monoisotopic (exact) mass is 390 g/mol. The summed E-state index contributed by atoms with van der Waals surface area (Å²) >= 11 is 0. The highest BCUT2D eigenvalue weighted by atomic mass is 35.5. The maximum absolute atomic E-state index is 13.6. The molecular weight excluding hydrogens is 356 g/mol. The third kappa shape index (κ3) is 3.91. The lowest BCUT2D eigenvalue weighted by molar-refractivity contribution is -0.142. The molecule has 1 aromatic rings. The molecule has 2 bridgehead atoms. The summed E-state index contributed by atoms with van der Waals surface area (Å²) in [5, 5.41) is 0. The summed E-state index contributed by atoms with van der Waals surface area (Å²) in [7, 11) is 0. The van der Waals surface area contributed by atoms with Crippen LogP contribution in [-0.4, -0.2) is 23.4 Å². The second kappa shape index (κ2) is 8.53. The molecular formula is C23H35ClN2O. The van der Waals surface area contributed by atoms with Crippen LogP contribution >= 0.6 is 12.4 Å². The number of carbonyl (C=O) groups is 1. The van der Waals surface area contributed by atoms with Gasteiger partial charge in [-0.3, -0.25) is 4.79 Å². The first-order valence-corrected chi connectivity index (χ1v) is 10.7. The van der Waals surface area contributed by atoms with Gasteiger partial charge in [0, 0.05) is 18.5 Å². The molecule has 1 amide bonds. The number of fused-ring (bicyclic) bond motifs is 2. The van der Waals surface area contributed by atoms with E-state index in [4.69, 9.17) is 5.73 Å². The van der Waals surface area contributed by atoms with Gasteiger partial charge < -0.3 is 10.6 Å². The van der Waals surface area contributed by atoms with Crippen LogP contribution in [0.3, 0.4) is 0 Å². The van der Waals surface area contributed by atoms with Crippen molar-refractivity contribution in [3.63, 3.8) is 0 Å². The number of rotatable bonds is 2. The van der Waals surface area contributed by atoms with Gasteiger partial charge in [0.1, 0.15) is 0 Å². The minimum Gasteiger partial charge on any atom is -0.335 e. The van der Waals surface area contributed by atoms with Crippen LogP contribution in [0.2, 0.25) is 0 Å². The number of aryl methyl sites for hydroxylation is 1. The normalized spacial score (nSPS) is 33.3. The van der Waals surface area contributed by atoms with Gasteiger partial charge in [0.05, 0.1) is 6.04 Å². The maximum atomic E-state index is 13.6. The van der Waals surface area contributed by atoms with Gasteiger partial charge in [0.25, 0.3) is 0 Å². The summed E-state index contributed by atoms with van der Waals surface area (Å²) in [6, 6.07) is 7.18. The van der Waals surface area contributed by atoms with E-state index in [-0.39, 0.29) is 24.4 Å². The van der Waals surface area contributed by atoms with Crippen LogP contribution in [0.4, 0.5) is 0 Å². The fourth-order valence-electron chi connectivity index (χ4n) is 5.88. The third-order valence-electron chi connectivity index (χ3n) is 7.55. The predicted molar refractivity (Wildman–Crippen MR) is 113 cm³/mol. The van der Waals surface area contributed by atoms with Crippen molar-refractivity contribution in [2.24, 2.45) is 23.5 Å². The fourth-order valence-corrected chi connectivity index (χ4v) is 5.88. The van der Waals surface area contributed by atoms with E-state index in [9.17, 15) is 4.79 Å². The Bertz CT molecular complexity index is 662. The van der Waals surface area contributed by atoms with Crippen molar-refractivity contribution in [1.29, 1.82) is 0 Å². The first-order chi connectivity index (χ1) is 12.6. The molecule has 0 spiro atoms. The Labute approximate surface area is 170 Å². The first kappa shape index (κ1) is 20.7. The lowest BCUT2D eigenvalue weighted by Gasteiger charge is -2.46. The van der Waals surface area contributed by atoms with Gasteiger partial charge in [0.2, 0.25) is 5.91 Å². The molecule has 3 aliphatic rings. The Morgan fingerprint density at radius 2 is 1.74 bits per heavy atom. The summed E-state index contributed by atoms with van der Waals surface area (Å²) in [5.74, 6) is 1.76. The van der Waals surface area contributed by atoms with E-state index < -0.39 is 0 Å². The number of amides is 1. The largest absolute Gasteiger partial charge is 0.335 e. The first-order valence-electron chi connectivity index (χ1n) is 10.7. The number of hydrogen-bond donors (Lipinski definition) is 1. The van der Waals surface area contributed by atoms with Crippen LogP contribution in [0.15, 0.2) is 18.2 Å². The summed E-state index contributed by atoms with van der Waals surface area (Å²) in [6.07, 6.45) is 9.27. The van der Waals surface area contributed by atoms with E-state index in [1.165, 1.54) is 42.4 Å². The van der Waals surface area contributed by atoms with Crippen LogP contribution in [0.25, 0.3) is 0 Å². The minimum atomic E-state index is 0. The van der Waals surface area contributed by atoms with E-state index in [1.807, 2.05) is 0 Å². The molecule has 1 saturated heterocycles. The summed E-state index contributed by atoms with van der Waals surface area (Å²) in [5.41, 5.74) is 10.5. The lowest BCUT2D eigenvalue weighted by atomic mass is 9.64. The number of benzene rings is 1. The standard InChI is InChI=1S/C23H34N2O.ClH/c1-15-7-5-10-20(16(15)2)21-11-3-4-12-25(21)23(26)19-13-17-8-6-9-18(14-19)22(17)24;/h5,7,10,17-19,21-22H,3-4,6,8-9,11-14,24H2,1-2H3;1H. The van der Waals surface area contributed by atoms with Crippen LogP contribution in [0, 0.1) is 31.6 Å². The van der Waals surface area contributed by atoms with Crippen LogP contribution in [0.5, 0.6) is 0 Å². The number of carbonyl (C=O) groups excluding carboxylic acids is 1. The lowest BCUT2D eigenvalue weighted by Crippen LogP contribution is -2.50. The van der Waals surface area contributed by atoms with Gasteiger partial charge in [-0.15, -0.1) is 12.4 Å². The number of hydrogen-bond acceptors (Lipinski definition) is 2. The SMILES string of the molecule is Cc1cccc(C2CCCCN2C(=O)C2CC3CCCC(C2)C3N)c1C.Cl. The van der Waals surface area contributed by atoms with Crippen molar-refractivity contribution in [3.8, 4) is 0 Å². The van der Waals surface area contributed by atoms with E-state index in [0.29, 0.717) is 23.8 Å². The zero-order chi connectivity index (χ0) is 18.3. The van der Waals surface area contributed by atoms with Gasteiger partial charge in [-0.1, -0.05) is 24.6 Å². The fraction of sp³-hybridized carbons (Fsp3) is 0.696. The Morgan fingerprint density at radius 1 is 1.04 bits per heavy atom. The number of likely N-dealkylation sites (tertiary alicyclic amines) is 1. The predicted octanol–water partition coefficient (Wildman–Crippen LogP) is 4.93. The van der Waals surface area contributed by atoms with Gasteiger partial charge in [-0.05, 0) is 87.3 Å². The Balaban J connectivity index is 0.00000210. The molecule has 3 atom stereocenters. The van der Waals surface area contributed by atoms with Crippen molar-refractivity contribution >= 4 is 18.3 Å². The molecule has 3 nitrogen and oxygen atoms in total. The van der Waals surface area contributed by atoms with E-state index in [2.05, 4.69) is 36.9 Å². The average molecular weight is 391 g/mol. The van der Waals surface area contributed by atoms with Crippen LogP contribution in [0.1, 0.15) is 74.1 Å². The van der Waals surface area contributed by atoms with E-state index >= 15 is 0 Å². The average Bonchev–Trinajstić information content (AvgIpc) is 2.63. The number of nitrogens with two attached hydrogens (primary N) is 1. The van der Waals surface area contributed by atoms with Crippen molar-refractivity contribution in [1.82, 2.24) is 4.90 Å². The summed E-state index contributed by atoms with van der Waals surface area (Å²) in [6.45, 7) is 5.32. The topological polar surface area (TPSA) is 46.3 Å². The summed E-state index contributed by atoms with van der Waals surface area (Å²) < 4.78 is 0. The van der Waals surface area contributed by atoms with E-state index in [1.54, 1.807) is 0 Å². The molecule has 1 aromatic carbocycles. The Morgan fingerprint density at radius 3 is 2.44 bits per heavy atom. The number of piperidine rings is 1. The second-order valence-corrected chi connectivity index (χ2v) is 9.03. The molecule has 1 heterocycles. The highest BCUT2D eigenvalue weighted by Crippen LogP contribution is 2.44. The van der Waals surface area contributed by atoms with Gasteiger partial charge >= 0.3 is 0 Å². The molecule has 2 N–H and O–H groups in total. The molecule has 4 heteroatoms. The van der Waals surface area contributed by atoms with Crippen molar-refractivity contribution < 1.29 is 4.79 Å². The minimum absolute atomic E-state index is 0. The molecule has 1 aliphatic heterocycles. The van der Waals surface area contributed by atoms with Crippen molar-refractivity contribution in [2.75, 3.05) is 6.54 Å². The third-order valence-corrected chi connectivity index (χ3v) is 7.55. The van der Waals surface area contributed by atoms with Crippen LogP contribution in [-0.2, 0) is 4.79 Å². The smallest absolute Gasteiger partial charge is 0.226 e. The molecule has 2 saturated carbocycles. The quantitative estimate of drug-likeness (QED) is 0.777. The molecule has 0 aromatic heterocycles.